The molecule has 0 aliphatic heterocycles. The standard InChI is InChI=1S/C16H34O2S/c1-7-11-15(13(5)9-3)19(17,18)16(12-8-2)14(6)10-4/h13-16H,7-12H2,1-6H3. The van der Waals surface area contributed by atoms with Crippen LogP contribution in [-0.4, -0.2) is 18.9 Å². The third kappa shape index (κ3) is 5.09. The first-order valence-corrected chi connectivity index (χ1v) is 9.70. The Kier molecular flexibility index (Phi) is 8.97. The molecular formula is C16H34O2S. The fourth-order valence-corrected chi connectivity index (χ4v) is 6.12. The van der Waals surface area contributed by atoms with Crippen LogP contribution < -0.4 is 0 Å². The molecule has 0 rings (SSSR count). The molecule has 0 fully saturated rings. The van der Waals surface area contributed by atoms with Crippen molar-refractivity contribution in [1.82, 2.24) is 0 Å². The molecule has 116 valence electrons. The summed E-state index contributed by atoms with van der Waals surface area (Å²) in [6.45, 7) is 12.6. The van der Waals surface area contributed by atoms with E-state index in [0.717, 1.165) is 38.5 Å². The molecule has 3 heteroatoms. The molecular weight excluding hydrogens is 256 g/mol. The van der Waals surface area contributed by atoms with Crippen molar-refractivity contribution >= 4 is 9.84 Å². The second-order valence-corrected chi connectivity index (χ2v) is 8.40. The molecule has 4 unspecified atom stereocenters. The highest BCUT2D eigenvalue weighted by molar-refractivity contribution is 7.92. The Morgan fingerprint density at radius 3 is 1.26 bits per heavy atom. The van der Waals surface area contributed by atoms with Crippen LogP contribution in [0, 0.1) is 11.8 Å². The molecule has 0 aromatic carbocycles. The highest BCUT2D eigenvalue weighted by Crippen LogP contribution is 2.30. The second kappa shape index (κ2) is 8.99. The number of rotatable bonds is 10. The van der Waals surface area contributed by atoms with Gasteiger partial charge in [0.25, 0.3) is 0 Å². The summed E-state index contributed by atoms with van der Waals surface area (Å²) in [5.74, 6) is 0.543. The van der Waals surface area contributed by atoms with Crippen LogP contribution in [0.1, 0.15) is 80.1 Å². The molecule has 4 atom stereocenters. The topological polar surface area (TPSA) is 34.1 Å². The summed E-state index contributed by atoms with van der Waals surface area (Å²) >= 11 is 0. The van der Waals surface area contributed by atoms with Gasteiger partial charge in [0.05, 0.1) is 10.5 Å². The highest BCUT2D eigenvalue weighted by Gasteiger charge is 2.37. The zero-order valence-electron chi connectivity index (χ0n) is 13.8. The van der Waals surface area contributed by atoms with Crippen LogP contribution in [0.25, 0.3) is 0 Å². The van der Waals surface area contributed by atoms with Gasteiger partial charge in [-0.25, -0.2) is 8.42 Å². The second-order valence-electron chi connectivity index (χ2n) is 6.01. The Labute approximate surface area is 121 Å². The van der Waals surface area contributed by atoms with Crippen molar-refractivity contribution in [3.63, 3.8) is 0 Å². The first-order valence-electron chi connectivity index (χ1n) is 8.09. The fourth-order valence-electron chi connectivity index (χ4n) is 2.86. The molecule has 0 aliphatic carbocycles. The summed E-state index contributed by atoms with van der Waals surface area (Å²) < 4.78 is 26.0. The fraction of sp³-hybridized carbons (Fsp3) is 1.00. The van der Waals surface area contributed by atoms with E-state index in [-0.39, 0.29) is 22.3 Å². The van der Waals surface area contributed by atoms with Crippen molar-refractivity contribution in [2.24, 2.45) is 11.8 Å². The molecule has 0 aliphatic rings. The van der Waals surface area contributed by atoms with Crippen molar-refractivity contribution in [3.8, 4) is 0 Å². The average molecular weight is 291 g/mol. The molecule has 0 saturated heterocycles. The molecule has 0 bridgehead atoms. The van der Waals surface area contributed by atoms with Crippen LogP contribution in [0.15, 0.2) is 0 Å². The van der Waals surface area contributed by atoms with E-state index in [1.54, 1.807) is 0 Å². The SMILES string of the molecule is CCCC(C(C)CC)S(=O)(=O)C(CCC)C(C)CC. The Hall–Kier alpha value is -0.0500. The van der Waals surface area contributed by atoms with Gasteiger partial charge in [0.2, 0.25) is 0 Å². The van der Waals surface area contributed by atoms with Crippen LogP contribution in [0.4, 0.5) is 0 Å². The summed E-state index contributed by atoms with van der Waals surface area (Å²) in [4.78, 5) is 0. The minimum absolute atomic E-state index is 0.145. The van der Waals surface area contributed by atoms with Gasteiger partial charge < -0.3 is 0 Å². The summed E-state index contributed by atoms with van der Waals surface area (Å²) in [5.41, 5.74) is 0. The van der Waals surface area contributed by atoms with Gasteiger partial charge in [-0.1, -0.05) is 67.2 Å². The molecule has 0 spiro atoms. The maximum atomic E-state index is 13.0. The number of hydrogen-bond acceptors (Lipinski definition) is 2. The predicted octanol–water partition coefficient (Wildman–Crippen LogP) is 4.83. The monoisotopic (exact) mass is 290 g/mol. The van der Waals surface area contributed by atoms with E-state index in [2.05, 4.69) is 41.5 Å². The number of sulfone groups is 1. The lowest BCUT2D eigenvalue weighted by Gasteiger charge is -2.31. The van der Waals surface area contributed by atoms with Gasteiger partial charge in [0.15, 0.2) is 9.84 Å². The Bertz CT molecular complexity index is 296. The Morgan fingerprint density at radius 1 is 0.737 bits per heavy atom. The average Bonchev–Trinajstić information content (AvgIpc) is 2.39. The third-order valence-corrected chi connectivity index (χ3v) is 7.64. The van der Waals surface area contributed by atoms with Gasteiger partial charge in [0, 0.05) is 0 Å². The van der Waals surface area contributed by atoms with Crippen molar-refractivity contribution in [1.29, 1.82) is 0 Å². The van der Waals surface area contributed by atoms with Gasteiger partial charge >= 0.3 is 0 Å². The molecule has 2 nitrogen and oxygen atoms in total. The summed E-state index contributed by atoms with van der Waals surface area (Å²) in [6.07, 6.45) is 5.43. The summed E-state index contributed by atoms with van der Waals surface area (Å²) in [5, 5.41) is -0.291. The molecule has 0 heterocycles. The minimum atomic E-state index is -3.01. The maximum Gasteiger partial charge on any atom is 0.156 e. The van der Waals surface area contributed by atoms with Crippen LogP contribution in [0.5, 0.6) is 0 Å². The smallest absolute Gasteiger partial charge is 0.156 e. The first-order chi connectivity index (χ1) is 8.86. The van der Waals surface area contributed by atoms with E-state index >= 15 is 0 Å². The van der Waals surface area contributed by atoms with Crippen molar-refractivity contribution in [3.05, 3.63) is 0 Å². The molecule has 0 aromatic heterocycles. The van der Waals surface area contributed by atoms with E-state index in [0.29, 0.717) is 0 Å². The van der Waals surface area contributed by atoms with E-state index in [1.807, 2.05) is 0 Å². The molecule has 0 saturated carbocycles. The van der Waals surface area contributed by atoms with Gasteiger partial charge in [-0.3, -0.25) is 0 Å². The van der Waals surface area contributed by atoms with E-state index in [1.165, 1.54) is 0 Å². The van der Waals surface area contributed by atoms with Crippen molar-refractivity contribution < 1.29 is 8.42 Å². The van der Waals surface area contributed by atoms with Gasteiger partial charge in [-0.05, 0) is 24.7 Å². The largest absolute Gasteiger partial charge is 0.228 e. The quantitative estimate of drug-likeness (QED) is 0.577. The molecule has 0 amide bonds. The molecule has 19 heavy (non-hydrogen) atoms. The molecule has 0 aromatic rings. The maximum absolute atomic E-state index is 13.0. The lowest BCUT2D eigenvalue weighted by atomic mass is 10.0. The van der Waals surface area contributed by atoms with Crippen molar-refractivity contribution in [2.45, 2.75) is 90.6 Å². The van der Waals surface area contributed by atoms with Crippen molar-refractivity contribution in [2.75, 3.05) is 0 Å². The lowest BCUT2D eigenvalue weighted by molar-refractivity contribution is 0.430. The Morgan fingerprint density at radius 2 is 1.05 bits per heavy atom. The highest BCUT2D eigenvalue weighted by atomic mass is 32.2. The van der Waals surface area contributed by atoms with Gasteiger partial charge in [-0.15, -0.1) is 0 Å². The van der Waals surface area contributed by atoms with E-state index < -0.39 is 9.84 Å². The van der Waals surface area contributed by atoms with Crippen LogP contribution in [-0.2, 0) is 9.84 Å². The zero-order valence-corrected chi connectivity index (χ0v) is 14.6. The molecule has 0 radical (unpaired) electrons. The van der Waals surface area contributed by atoms with Gasteiger partial charge in [-0.2, -0.15) is 0 Å². The Balaban J connectivity index is 5.33. The predicted molar refractivity (Wildman–Crippen MR) is 85.2 cm³/mol. The van der Waals surface area contributed by atoms with Crippen LogP contribution >= 0.6 is 0 Å². The first kappa shape index (κ1) is 18.9. The van der Waals surface area contributed by atoms with E-state index in [9.17, 15) is 8.42 Å². The summed E-state index contributed by atoms with van der Waals surface area (Å²) in [7, 11) is -3.01. The minimum Gasteiger partial charge on any atom is -0.228 e. The van der Waals surface area contributed by atoms with Crippen LogP contribution in [0.2, 0.25) is 0 Å². The van der Waals surface area contributed by atoms with E-state index in [4.69, 9.17) is 0 Å². The van der Waals surface area contributed by atoms with Gasteiger partial charge in [0.1, 0.15) is 0 Å². The summed E-state index contributed by atoms with van der Waals surface area (Å²) in [6, 6.07) is 0. The number of hydrogen-bond donors (Lipinski definition) is 0. The normalized spacial score (nSPS) is 18.8. The third-order valence-electron chi connectivity index (χ3n) is 4.55. The molecule has 0 N–H and O–H groups in total. The lowest BCUT2D eigenvalue weighted by Crippen LogP contribution is -2.39. The van der Waals surface area contributed by atoms with Crippen LogP contribution in [0.3, 0.4) is 0 Å². The zero-order chi connectivity index (χ0) is 15.1.